The maximum absolute atomic E-state index is 14.5. The van der Waals surface area contributed by atoms with E-state index in [1.807, 2.05) is 63.3 Å². The number of hydrogen-bond donors (Lipinski definition) is 2. The molecule has 3 amide bonds. The van der Waals surface area contributed by atoms with Gasteiger partial charge in [-0.1, -0.05) is 54.6 Å². The van der Waals surface area contributed by atoms with Gasteiger partial charge in [0, 0.05) is 31.7 Å². The van der Waals surface area contributed by atoms with Gasteiger partial charge in [-0.2, -0.15) is 0 Å². The quantitative estimate of drug-likeness (QED) is 0.295. The van der Waals surface area contributed by atoms with Gasteiger partial charge >= 0.3 is 5.97 Å². The predicted molar refractivity (Wildman–Crippen MR) is 158 cm³/mol. The molecule has 5 rings (SSSR count). The minimum Gasteiger partial charge on any atom is -0.455 e. The summed E-state index contributed by atoms with van der Waals surface area (Å²) in [6.07, 6.45) is 8.52. The molecule has 0 aromatic heterocycles. The maximum atomic E-state index is 14.5. The van der Waals surface area contributed by atoms with Crippen molar-refractivity contribution >= 4 is 23.7 Å². The van der Waals surface area contributed by atoms with Crippen LogP contribution in [-0.4, -0.2) is 88.1 Å². The van der Waals surface area contributed by atoms with Crippen molar-refractivity contribution in [3.05, 3.63) is 60.2 Å². The molecule has 10 heteroatoms. The molecule has 2 fully saturated rings. The summed E-state index contributed by atoms with van der Waals surface area (Å²) in [6.45, 7) is 6.58. The first-order valence-electron chi connectivity index (χ1n) is 15.4. The number of cyclic esters (lactones) is 1. The van der Waals surface area contributed by atoms with E-state index in [0.717, 1.165) is 5.56 Å². The molecule has 6 atom stereocenters. The van der Waals surface area contributed by atoms with Gasteiger partial charge in [0.1, 0.15) is 23.7 Å². The summed E-state index contributed by atoms with van der Waals surface area (Å²) in [5.41, 5.74) is -1.15. The van der Waals surface area contributed by atoms with Gasteiger partial charge in [-0.3, -0.25) is 19.2 Å². The topological polar surface area (TPSA) is 125 Å². The van der Waals surface area contributed by atoms with E-state index >= 15 is 0 Å². The fourth-order valence-corrected chi connectivity index (χ4v) is 6.79. The highest BCUT2D eigenvalue weighted by Gasteiger charge is 2.73. The van der Waals surface area contributed by atoms with Gasteiger partial charge in [0.2, 0.25) is 17.7 Å². The minimum absolute atomic E-state index is 0.0531. The van der Waals surface area contributed by atoms with E-state index in [-0.39, 0.29) is 37.3 Å². The number of benzene rings is 1. The van der Waals surface area contributed by atoms with Crippen LogP contribution in [0.1, 0.15) is 64.5 Å². The average Bonchev–Trinajstić information content (AvgIpc) is 3.61. The number of aliphatic hydroxyl groups excluding tert-OH is 1. The molecule has 2 N–H and O–H groups in total. The Labute approximate surface area is 253 Å². The summed E-state index contributed by atoms with van der Waals surface area (Å²) in [7, 11) is 0. The van der Waals surface area contributed by atoms with Crippen LogP contribution >= 0.6 is 0 Å². The maximum Gasteiger partial charge on any atom is 0.313 e. The summed E-state index contributed by atoms with van der Waals surface area (Å²) in [5.74, 6) is -3.17. The van der Waals surface area contributed by atoms with Gasteiger partial charge in [0.15, 0.2) is 0 Å². The smallest absolute Gasteiger partial charge is 0.313 e. The van der Waals surface area contributed by atoms with Gasteiger partial charge in [-0.05, 0) is 52.0 Å². The summed E-state index contributed by atoms with van der Waals surface area (Å²) in [6, 6.07) is 8.25. The number of carbonyl (C=O) groups is 4. The Morgan fingerprint density at radius 2 is 1.79 bits per heavy atom. The number of hydrogen-bond acceptors (Lipinski definition) is 7. The Morgan fingerprint density at radius 1 is 1.02 bits per heavy atom. The highest BCUT2D eigenvalue weighted by atomic mass is 16.6. The first kappa shape index (κ1) is 30.9. The van der Waals surface area contributed by atoms with E-state index in [0.29, 0.717) is 38.8 Å². The number of nitrogens with zero attached hydrogens (tertiary/aromatic N) is 2. The first-order valence-corrected chi connectivity index (χ1v) is 15.4. The van der Waals surface area contributed by atoms with Crippen molar-refractivity contribution in [2.45, 2.75) is 82.3 Å². The fourth-order valence-electron chi connectivity index (χ4n) is 6.79. The molecule has 0 radical (unpaired) electrons. The van der Waals surface area contributed by atoms with Crippen molar-refractivity contribution in [1.82, 2.24) is 15.1 Å². The molecule has 1 spiro atoms. The molecule has 232 valence electrons. The second-order valence-electron chi connectivity index (χ2n) is 12.8. The highest BCUT2D eigenvalue weighted by Crippen LogP contribution is 2.56. The second kappa shape index (κ2) is 12.6. The Morgan fingerprint density at radius 3 is 2.51 bits per heavy atom. The zero-order valence-corrected chi connectivity index (χ0v) is 25.2. The number of nitrogens with one attached hydrogen (secondary N) is 1. The van der Waals surface area contributed by atoms with Crippen LogP contribution in [0.25, 0.3) is 0 Å². The van der Waals surface area contributed by atoms with E-state index < -0.39 is 47.2 Å². The average molecular weight is 594 g/mol. The lowest BCUT2D eigenvalue weighted by Gasteiger charge is -2.41. The number of amides is 3. The monoisotopic (exact) mass is 593 g/mol. The van der Waals surface area contributed by atoms with E-state index in [4.69, 9.17) is 9.47 Å². The molecular weight excluding hydrogens is 550 g/mol. The van der Waals surface area contributed by atoms with Gasteiger partial charge in [0.25, 0.3) is 0 Å². The van der Waals surface area contributed by atoms with Crippen LogP contribution in [-0.2, 0) is 28.7 Å². The third kappa shape index (κ3) is 5.99. The summed E-state index contributed by atoms with van der Waals surface area (Å²) in [5, 5.41) is 12.2. The molecule has 10 nitrogen and oxygen atoms in total. The summed E-state index contributed by atoms with van der Waals surface area (Å²) >= 11 is 0. The Hall–Kier alpha value is -3.50. The molecule has 1 aromatic rings. The zero-order chi connectivity index (χ0) is 30.8. The van der Waals surface area contributed by atoms with Crippen LogP contribution < -0.4 is 5.32 Å². The van der Waals surface area contributed by atoms with E-state index in [2.05, 4.69) is 5.32 Å². The number of unbranched alkanes of at least 4 members (excludes halogenated alkanes) is 2. The van der Waals surface area contributed by atoms with E-state index in [1.54, 1.807) is 22.0 Å². The van der Waals surface area contributed by atoms with Crippen molar-refractivity contribution in [2.75, 3.05) is 26.2 Å². The van der Waals surface area contributed by atoms with Gasteiger partial charge in [0.05, 0.1) is 18.6 Å². The lowest BCUT2D eigenvalue weighted by atomic mass is 9.74. The highest BCUT2D eigenvalue weighted by molar-refractivity contribution is 5.99. The van der Waals surface area contributed by atoms with Gasteiger partial charge in [-0.25, -0.2) is 0 Å². The summed E-state index contributed by atoms with van der Waals surface area (Å²) < 4.78 is 12.6. The van der Waals surface area contributed by atoms with Crippen molar-refractivity contribution in [1.29, 1.82) is 0 Å². The Balaban J connectivity index is 1.55. The molecule has 4 heterocycles. The third-order valence-corrected chi connectivity index (χ3v) is 8.92. The van der Waals surface area contributed by atoms with E-state index in [1.165, 1.54) is 0 Å². The molecule has 1 aromatic carbocycles. The molecular formula is C33H43N3O7. The standard InChI is InChI=1S/C33H43N3O7/c1-32(2,3)36-19-11-5-9-15-25(38)34-21-24(22-13-7-4-8-14-22)42-31(41)26-23-16-17-33(43-23)27(26)29(39)35(28(33)30(36)40)18-10-6-12-20-37/h4-5,7-8,11,13-14,16-17,23-24,26-28,37H,6,9-10,12,15,18-21H2,1-3H3,(H,34,38)/b11-5-/t23-,24-,26+,27+,28-,33+/m1/s1. The van der Waals surface area contributed by atoms with Crippen molar-refractivity contribution in [3.8, 4) is 0 Å². The van der Waals surface area contributed by atoms with Crippen LogP contribution in [0.5, 0.6) is 0 Å². The van der Waals surface area contributed by atoms with Crippen molar-refractivity contribution < 1.29 is 33.8 Å². The second-order valence-corrected chi connectivity index (χ2v) is 12.8. The number of ether oxygens (including phenoxy) is 2. The Bertz CT molecular complexity index is 1270. The van der Waals surface area contributed by atoms with Crippen molar-refractivity contribution in [3.63, 3.8) is 0 Å². The lowest BCUT2D eigenvalue weighted by molar-refractivity contribution is -0.160. The fraction of sp³-hybridized carbons (Fsp3) is 0.576. The third-order valence-electron chi connectivity index (χ3n) is 8.92. The molecule has 0 aliphatic carbocycles. The molecule has 0 saturated carbocycles. The predicted octanol–water partition coefficient (Wildman–Crippen LogP) is 2.68. The lowest BCUT2D eigenvalue weighted by Crippen LogP contribution is -2.59. The Kier molecular flexibility index (Phi) is 9.08. The number of fused-ring (bicyclic) bond motifs is 2. The normalized spacial score (nSPS) is 32.1. The first-order chi connectivity index (χ1) is 20.6. The largest absolute Gasteiger partial charge is 0.455 e. The number of esters is 1. The SMILES string of the molecule is CC(C)(C)N1C/C=C\CCC(=O)NC[C@H](c2ccccc2)OC(=O)[C@@H]2[C@H]3C(=O)N(CCCCCO)[C@H](C1=O)[C@]31C=C[C@H]2O1. The van der Waals surface area contributed by atoms with Crippen LogP contribution in [0.15, 0.2) is 54.6 Å². The van der Waals surface area contributed by atoms with Gasteiger partial charge in [-0.15, -0.1) is 0 Å². The minimum atomic E-state index is -1.29. The number of aliphatic hydroxyl groups is 1. The molecule has 4 aliphatic rings. The van der Waals surface area contributed by atoms with Crippen molar-refractivity contribution in [2.24, 2.45) is 11.8 Å². The summed E-state index contributed by atoms with van der Waals surface area (Å²) in [4.78, 5) is 58.7. The zero-order valence-electron chi connectivity index (χ0n) is 25.2. The van der Waals surface area contributed by atoms with Gasteiger partial charge < -0.3 is 29.7 Å². The molecule has 5 bridgehead atoms. The van der Waals surface area contributed by atoms with E-state index in [9.17, 15) is 24.3 Å². The van der Waals surface area contributed by atoms with Crippen LogP contribution in [0, 0.1) is 11.8 Å². The number of likely N-dealkylation sites (tertiary alicyclic amines) is 1. The number of allylic oxidation sites excluding steroid dienone is 1. The van der Waals surface area contributed by atoms with Crippen LogP contribution in [0.2, 0.25) is 0 Å². The van der Waals surface area contributed by atoms with Crippen LogP contribution in [0.3, 0.4) is 0 Å². The molecule has 43 heavy (non-hydrogen) atoms. The number of rotatable bonds is 6. The molecule has 0 unspecified atom stereocenters. The molecule has 2 saturated heterocycles. The molecule has 4 aliphatic heterocycles. The number of carbonyl (C=O) groups excluding carboxylic acids is 4. The van der Waals surface area contributed by atoms with Crippen LogP contribution in [0.4, 0.5) is 0 Å².